The number of benzene rings is 1. The van der Waals surface area contributed by atoms with E-state index in [2.05, 4.69) is 12.2 Å². The Balaban J connectivity index is 1.86. The fourth-order valence-corrected chi connectivity index (χ4v) is 5.10. The van der Waals surface area contributed by atoms with Gasteiger partial charge < -0.3 is 5.32 Å². The first-order valence-electron chi connectivity index (χ1n) is 8.93. The molecule has 1 aromatic rings. The largest absolute Gasteiger partial charge is 0.377 e. The molecule has 0 atom stereocenters. The van der Waals surface area contributed by atoms with E-state index in [9.17, 15) is 18.5 Å². The number of hydrogen-bond acceptors (Lipinski definition) is 5. The summed E-state index contributed by atoms with van der Waals surface area (Å²) in [5.74, 6) is 0.513. The summed E-state index contributed by atoms with van der Waals surface area (Å²) in [7, 11) is -3.68. The second kappa shape index (κ2) is 7.29. The molecule has 1 heterocycles. The number of nitro groups is 1. The first kappa shape index (κ1) is 18.1. The van der Waals surface area contributed by atoms with Gasteiger partial charge in [0.25, 0.3) is 5.69 Å². The molecule has 1 saturated heterocycles. The van der Waals surface area contributed by atoms with Gasteiger partial charge in [-0.05, 0) is 43.7 Å². The van der Waals surface area contributed by atoms with Crippen LogP contribution < -0.4 is 5.32 Å². The third kappa shape index (κ3) is 3.95. The molecule has 25 heavy (non-hydrogen) atoms. The molecule has 0 bridgehead atoms. The maximum absolute atomic E-state index is 12.8. The molecule has 1 aromatic carbocycles. The molecule has 138 valence electrons. The SMILES string of the molecule is CC1CCN(S(=O)(=O)c2ccc(NC3CCCC3)c([N+](=O)[O-])c2)CC1. The molecule has 0 spiro atoms. The van der Waals surface area contributed by atoms with Crippen molar-refractivity contribution in [1.82, 2.24) is 4.31 Å². The fourth-order valence-electron chi connectivity index (χ4n) is 3.61. The monoisotopic (exact) mass is 367 g/mol. The lowest BCUT2D eigenvalue weighted by atomic mass is 10.0. The number of anilines is 1. The van der Waals surface area contributed by atoms with Crippen LogP contribution >= 0.6 is 0 Å². The molecule has 1 N–H and O–H groups in total. The van der Waals surface area contributed by atoms with Crippen molar-refractivity contribution in [3.8, 4) is 0 Å². The number of hydrogen-bond donors (Lipinski definition) is 1. The zero-order chi connectivity index (χ0) is 18.0. The minimum absolute atomic E-state index is 0.00530. The molecular formula is C17H25N3O4S. The highest BCUT2D eigenvalue weighted by Gasteiger charge is 2.30. The van der Waals surface area contributed by atoms with Crippen LogP contribution in [0.5, 0.6) is 0 Å². The van der Waals surface area contributed by atoms with Crippen molar-refractivity contribution < 1.29 is 13.3 Å². The Labute approximate surface area is 148 Å². The van der Waals surface area contributed by atoms with E-state index in [-0.39, 0.29) is 16.6 Å². The molecule has 0 radical (unpaired) electrons. The summed E-state index contributed by atoms with van der Waals surface area (Å²) in [5.41, 5.74) is 0.237. The van der Waals surface area contributed by atoms with Crippen LogP contribution in [0.3, 0.4) is 0 Å². The Bertz CT molecular complexity index is 736. The minimum atomic E-state index is -3.68. The Kier molecular flexibility index (Phi) is 5.29. The third-order valence-electron chi connectivity index (χ3n) is 5.26. The molecule has 1 aliphatic heterocycles. The highest BCUT2D eigenvalue weighted by Crippen LogP contribution is 2.32. The van der Waals surface area contributed by atoms with Crippen LogP contribution in [0.2, 0.25) is 0 Å². The Morgan fingerprint density at radius 1 is 1.16 bits per heavy atom. The molecule has 1 aliphatic carbocycles. The Morgan fingerprint density at radius 2 is 1.80 bits per heavy atom. The van der Waals surface area contributed by atoms with Gasteiger partial charge in [0.05, 0.1) is 9.82 Å². The summed E-state index contributed by atoms with van der Waals surface area (Å²) < 4.78 is 27.1. The van der Waals surface area contributed by atoms with Crippen molar-refractivity contribution >= 4 is 21.4 Å². The van der Waals surface area contributed by atoms with Crippen LogP contribution in [-0.2, 0) is 10.0 Å². The van der Waals surface area contributed by atoms with Gasteiger partial charge in [0, 0.05) is 25.2 Å². The number of sulfonamides is 1. The van der Waals surface area contributed by atoms with Crippen molar-refractivity contribution in [2.75, 3.05) is 18.4 Å². The van der Waals surface area contributed by atoms with Crippen LogP contribution in [0.25, 0.3) is 0 Å². The van der Waals surface area contributed by atoms with E-state index in [4.69, 9.17) is 0 Å². The van der Waals surface area contributed by atoms with Crippen LogP contribution in [0.15, 0.2) is 23.1 Å². The van der Waals surface area contributed by atoms with E-state index in [1.165, 1.54) is 22.5 Å². The minimum Gasteiger partial charge on any atom is -0.377 e. The van der Waals surface area contributed by atoms with E-state index < -0.39 is 14.9 Å². The van der Waals surface area contributed by atoms with Crippen LogP contribution in [0.4, 0.5) is 11.4 Å². The lowest BCUT2D eigenvalue weighted by molar-refractivity contribution is -0.384. The van der Waals surface area contributed by atoms with Gasteiger partial charge in [-0.15, -0.1) is 0 Å². The number of rotatable bonds is 5. The quantitative estimate of drug-likeness (QED) is 0.636. The number of nitrogens with zero attached hydrogens (tertiary/aromatic N) is 2. The van der Waals surface area contributed by atoms with Gasteiger partial charge in [-0.2, -0.15) is 4.31 Å². The molecule has 2 aliphatic rings. The highest BCUT2D eigenvalue weighted by atomic mass is 32.2. The van der Waals surface area contributed by atoms with Gasteiger partial charge in [0.2, 0.25) is 10.0 Å². The number of nitro benzene ring substituents is 1. The summed E-state index contributed by atoms with van der Waals surface area (Å²) in [4.78, 5) is 11.0. The predicted octanol–water partition coefficient (Wildman–Crippen LogP) is 3.37. The summed E-state index contributed by atoms with van der Waals surface area (Å²) in [6.45, 7) is 3.05. The van der Waals surface area contributed by atoms with Crippen LogP contribution in [0, 0.1) is 16.0 Å². The van der Waals surface area contributed by atoms with Crippen molar-refractivity contribution in [2.45, 2.75) is 56.4 Å². The van der Waals surface area contributed by atoms with E-state index in [0.29, 0.717) is 24.7 Å². The van der Waals surface area contributed by atoms with Crippen molar-refractivity contribution in [3.05, 3.63) is 28.3 Å². The number of nitrogens with one attached hydrogen (secondary N) is 1. The molecule has 0 aromatic heterocycles. The summed E-state index contributed by atoms with van der Waals surface area (Å²) >= 11 is 0. The van der Waals surface area contributed by atoms with Gasteiger partial charge in [-0.1, -0.05) is 19.8 Å². The molecule has 0 amide bonds. The normalized spacial score (nSPS) is 20.7. The average Bonchev–Trinajstić information content (AvgIpc) is 3.08. The lowest BCUT2D eigenvalue weighted by Crippen LogP contribution is -2.37. The zero-order valence-electron chi connectivity index (χ0n) is 14.5. The Morgan fingerprint density at radius 3 is 2.40 bits per heavy atom. The zero-order valence-corrected chi connectivity index (χ0v) is 15.3. The van der Waals surface area contributed by atoms with Crippen LogP contribution in [0.1, 0.15) is 45.4 Å². The summed E-state index contributed by atoms with van der Waals surface area (Å²) in [5, 5.41) is 14.7. The fraction of sp³-hybridized carbons (Fsp3) is 0.647. The predicted molar refractivity (Wildman–Crippen MR) is 96.1 cm³/mol. The summed E-state index contributed by atoms with van der Waals surface area (Å²) in [6.07, 6.45) is 5.86. The molecular weight excluding hydrogens is 342 g/mol. The molecule has 0 unspecified atom stereocenters. The maximum Gasteiger partial charge on any atom is 0.293 e. The first-order valence-corrected chi connectivity index (χ1v) is 10.4. The average molecular weight is 367 g/mol. The van der Waals surface area contributed by atoms with E-state index in [1.807, 2.05) is 0 Å². The second-order valence-electron chi connectivity index (χ2n) is 7.15. The molecule has 1 saturated carbocycles. The molecule has 7 nitrogen and oxygen atoms in total. The standard InChI is InChI=1S/C17H25N3O4S/c1-13-8-10-19(11-9-13)25(23,24)15-6-7-16(17(12-15)20(21)22)18-14-4-2-3-5-14/h6-7,12-14,18H,2-5,8-11H2,1H3. The van der Waals surface area contributed by atoms with Crippen LogP contribution in [-0.4, -0.2) is 36.8 Å². The highest BCUT2D eigenvalue weighted by molar-refractivity contribution is 7.89. The van der Waals surface area contributed by atoms with Gasteiger partial charge in [0.1, 0.15) is 5.69 Å². The lowest BCUT2D eigenvalue weighted by Gasteiger charge is -2.29. The maximum atomic E-state index is 12.8. The van der Waals surface area contributed by atoms with Gasteiger partial charge in [-0.25, -0.2) is 8.42 Å². The Hall–Kier alpha value is -1.67. The van der Waals surface area contributed by atoms with Crippen molar-refractivity contribution in [3.63, 3.8) is 0 Å². The van der Waals surface area contributed by atoms with Gasteiger partial charge in [0.15, 0.2) is 0 Å². The van der Waals surface area contributed by atoms with Gasteiger partial charge >= 0.3 is 0 Å². The topological polar surface area (TPSA) is 92.6 Å². The van der Waals surface area contributed by atoms with Crippen molar-refractivity contribution in [1.29, 1.82) is 0 Å². The van der Waals surface area contributed by atoms with Gasteiger partial charge in [-0.3, -0.25) is 10.1 Å². The van der Waals surface area contributed by atoms with E-state index in [1.54, 1.807) is 0 Å². The molecule has 3 rings (SSSR count). The van der Waals surface area contributed by atoms with E-state index in [0.717, 1.165) is 38.5 Å². The van der Waals surface area contributed by atoms with Crippen molar-refractivity contribution in [2.24, 2.45) is 5.92 Å². The van der Waals surface area contributed by atoms with E-state index >= 15 is 0 Å². The summed E-state index contributed by atoms with van der Waals surface area (Å²) in [6, 6.07) is 4.45. The first-order chi connectivity index (χ1) is 11.9. The second-order valence-corrected chi connectivity index (χ2v) is 9.09. The number of piperidine rings is 1. The third-order valence-corrected chi connectivity index (χ3v) is 7.16. The smallest absolute Gasteiger partial charge is 0.293 e. The molecule has 2 fully saturated rings. The molecule has 8 heteroatoms.